The number of hydrogen-bond donors (Lipinski definition) is 1. The molecule has 0 radical (unpaired) electrons. The molecule has 104 valence electrons. The lowest BCUT2D eigenvalue weighted by atomic mass is 9.96. The zero-order valence-electron chi connectivity index (χ0n) is 11.0. The van der Waals surface area contributed by atoms with Gasteiger partial charge in [0.05, 0.1) is 13.1 Å². The van der Waals surface area contributed by atoms with Crippen LogP contribution in [0.5, 0.6) is 0 Å². The summed E-state index contributed by atoms with van der Waals surface area (Å²) in [5, 5.41) is 4.77. The number of nitrogens with zero attached hydrogens (tertiary/aromatic N) is 1. The van der Waals surface area contributed by atoms with E-state index in [1.54, 1.807) is 16.2 Å². The third kappa shape index (κ3) is 3.17. The topological polar surface area (TPSA) is 49.4 Å². The second-order valence-corrected chi connectivity index (χ2v) is 6.67. The van der Waals surface area contributed by atoms with Crippen molar-refractivity contribution in [3.05, 3.63) is 20.8 Å². The van der Waals surface area contributed by atoms with E-state index in [1.807, 2.05) is 25.3 Å². The van der Waals surface area contributed by atoms with Gasteiger partial charge in [-0.05, 0) is 33.3 Å². The molecule has 0 saturated carbocycles. The smallest absolute Gasteiger partial charge is 0.246 e. The third-order valence-corrected chi connectivity index (χ3v) is 5.38. The van der Waals surface area contributed by atoms with Gasteiger partial charge in [-0.25, -0.2) is 0 Å². The maximum Gasteiger partial charge on any atom is 0.246 e. The fourth-order valence-electron chi connectivity index (χ4n) is 2.10. The van der Waals surface area contributed by atoms with Gasteiger partial charge in [0.15, 0.2) is 0 Å². The van der Waals surface area contributed by atoms with Gasteiger partial charge in [0, 0.05) is 9.35 Å². The standard InChI is InChI=1S/C13H17BrN2O2S/c1-3-8(2)12-13(18)16(7-11(17)15-12)6-10-9(14)4-5-19-10/h4-5,8,12H,3,6-7H2,1-2H3,(H,15,17). The van der Waals surface area contributed by atoms with Crippen LogP contribution in [0.4, 0.5) is 0 Å². The number of carbonyl (C=O) groups is 2. The number of carbonyl (C=O) groups excluding carboxylic acids is 2. The Morgan fingerprint density at radius 3 is 2.89 bits per heavy atom. The van der Waals surface area contributed by atoms with Gasteiger partial charge in [-0.15, -0.1) is 11.3 Å². The Hall–Kier alpha value is -0.880. The Labute approximate surface area is 125 Å². The van der Waals surface area contributed by atoms with Gasteiger partial charge in [0.25, 0.3) is 0 Å². The summed E-state index contributed by atoms with van der Waals surface area (Å²) in [5.41, 5.74) is 0. The van der Waals surface area contributed by atoms with Crippen molar-refractivity contribution in [2.75, 3.05) is 6.54 Å². The van der Waals surface area contributed by atoms with E-state index in [0.717, 1.165) is 15.8 Å². The van der Waals surface area contributed by atoms with Crippen LogP contribution in [0, 0.1) is 5.92 Å². The molecule has 1 aromatic heterocycles. The zero-order valence-corrected chi connectivity index (χ0v) is 13.4. The van der Waals surface area contributed by atoms with Crippen molar-refractivity contribution < 1.29 is 9.59 Å². The number of amides is 2. The van der Waals surface area contributed by atoms with Crippen molar-refractivity contribution in [2.45, 2.75) is 32.9 Å². The first-order valence-corrected chi connectivity index (χ1v) is 8.00. The van der Waals surface area contributed by atoms with Crippen LogP contribution in [0.1, 0.15) is 25.1 Å². The van der Waals surface area contributed by atoms with Crippen molar-refractivity contribution in [2.24, 2.45) is 5.92 Å². The lowest BCUT2D eigenvalue weighted by Crippen LogP contribution is -2.59. The molecular formula is C13H17BrN2O2S. The molecule has 1 N–H and O–H groups in total. The summed E-state index contributed by atoms with van der Waals surface area (Å²) in [7, 11) is 0. The minimum atomic E-state index is -0.384. The molecule has 4 nitrogen and oxygen atoms in total. The molecule has 2 unspecified atom stereocenters. The average molecular weight is 345 g/mol. The van der Waals surface area contributed by atoms with E-state index < -0.39 is 0 Å². The normalized spacial score (nSPS) is 21.4. The molecule has 1 aliphatic heterocycles. The first-order valence-electron chi connectivity index (χ1n) is 6.33. The van der Waals surface area contributed by atoms with Crippen LogP contribution in [-0.4, -0.2) is 29.3 Å². The predicted molar refractivity (Wildman–Crippen MR) is 78.8 cm³/mol. The number of nitrogens with one attached hydrogen (secondary N) is 1. The van der Waals surface area contributed by atoms with Gasteiger partial charge < -0.3 is 10.2 Å². The molecule has 2 rings (SSSR count). The molecule has 2 atom stereocenters. The molecule has 2 amide bonds. The summed E-state index contributed by atoms with van der Waals surface area (Å²) in [6.07, 6.45) is 0.868. The minimum absolute atomic E-state index is 0.0225. The highest BCUT2D eigenvalue weighted by atomic mass is 79.9. The molecular weight excluding hydrogens is 328 g/mol. The van der Waals surface area contributed by atoms with Crippen molar-refractivity contribution >= 4 is 39.1 Å². The second kappa shape index (κ2) is 6.05. The maximum atomic E-state index is 12.4. The molecule has 19 heavy (non-hydrogen) atoms. The highest BCUT2D eigenvalue weighted by molar-refractivity contribution is 9.10. The summed E-state index contributed by atoms with van der Waals surface area (Å²) >= 11 is 5.05. The minimum Gasteiger partial charge on any atom is -0.342 e. The first-order chi connectivity index (χ1) is 9.02. The van der Waals surface area contributed by atoms with E-state index >= 15 is 0 Å². The van der Waals surface area contributed by atoms with Gasteiger partial charge >= 0.3 is 0 Å². The van der Waals surface area contributed by atoms with E-state index in [9.17, 15) is 9.59 Å². The number of halogens is 1. The van der Waals surface area contributed by atoms with Crippen molar-refractivity contribution in [3.8, 4) is 0 Å². The Kier molecular flexibility index (Phi) is 4.62. The SMILES string of the molecule is CCC(C)C1NC(=O)CN(Cc2sccc2Br)C1=O. The van der Waals surface area contributed by atoms with Crippen LogP contribution in [0.15, 0.2) is 15.9 Å². The van der Waals surface area contributed by atoms with Crippen LogP contribution < -0.4 is 5.32 Å². The Bertz CT molecular complexity index is 489. The summed E-state index contributed by atoms with van der Waals surface area (Å²) in [5.74, 6) is 0.109. The van der Waals surface area contributed by atoms with Gasteiger partial charge in [0.2, 0.25) is 11.8 Å². The average Bonchev–Trinajstić information content (AvgIpc) is 2.78. The molecule has 1 saturated heterocycles. The second-order valence-electron chi connectivity index (χ2n) is 4.82. The first kappa shape index (κ1) is 14.5. The van der Waals surface area contributed by atoms with Gasteiger partial charge in [0.1, 0.15) is 6.04 Å². The number of rotatable bonds is 4. The van der Waals surface area contributed by atoms with E-state index in [1.165, 1.54) is 0 Å². The Balaban J connectivity index is 2.13. The summed E-state index contributed by atoms with van der Waals surface area (Å²) in [6, 6.07) is 1.57. The van der Waals surface area contributed by atoms with Crippen molar-refractivity contribution in [1.29, 1.82) is 0 Å². The lowest BCUT2D eigenvalue weighted by Gasteiger charge is -2.35. The molecule has 0 spiro atoms. The fraction of sp³-hybridized carbons (Fsp3) is 0.538. The van der Waals surface area contributed by atoms with E-state index in [0.29, 0.717) is 6.54 Å². The summed E-state index contributed by atoms with van der Waals surface area (Å²) in [4.78, 5) is 26.9. The molecule has 0 aromatic carbocycles. The highest BCUT2D eigenvalue weighted by Gasteiger charge is 2.35. The number of thiophene rings is 1. The van der Waals surface area contributed by atoms with Gasteiger partial charge in [-0.2, -0.15) is 0 Å². The van der Waals surface area contributed by atoms with E-state index in [-0.39, 0.29) is 30.3 Å². The van der Waals surface area contributed by atoms with Crippen molar-refractivity contribution in [1.82, 2.24) is 10.2 Å². The molecule has 6 heteroatoms. The van der Waals surface area contributed by atoms with Crippen LogP contribution >= 0.6 is 27.3 Å². The van der Waals surface area contributed by atoms with E-state index in [4.69, 9.17) is 0 Å². The van der Waals surface area contributed by atoms with Crippen LogP contribution in [0.3, 0.4) is 0 Å². The zero-order chi connectivity index (χ0) is 14.0. The monoisotopic (exact) mass is 344 g/mol. The molecule has 0 bridgehead atoms. The quantitative estimate of drug-likeness (QED) is 0.911. The molecule has 1 aliphatic rings. The molecule has 1 fully saturated rings. The Morgan fingerprint density at radius 2 is 2.32 bits per heavy atom. The number of hydrogen-bond acceptors (Lipinski definition) is 3. The van der Waals surface area contributed by atoms with E-state index in [2.05, 4.69) is 21.2 Å². The van der Waals surface area contributed by atoms with Crippen LogP contribution in [0.2, 0.25) is 0 Å². The molecule has 1 aromatic rings. The van der Waals surface area contributed by atoms with Crippen molar-refractivity contribution in [3.63, 3.8) is 0 Å². The fourth-order valence-corrected chi connectivity index (χ4v) is 3.59. The van der Waals surface area contributed by atoms with Crippen LogP contribution in [0.25, 0.3) is 0 Å². The highest BCUT2D eigenvalue weighted by Crippen LogP contribution is 2.25. The Morgan fingerprint density at radius 1 is 1.58 bits per heavy atom. The maximum absolute atomic E-state index is 12.4. The lowest BCUT2D eigenvalue weighted by molar-refractivity contribution is -0.146. The third-order valence-electron chi connectivity index (χ3n) is 3.47. The summed E-state index contributed by atoms with van der Waals surface area (Å²) < 4.78 is 0.997. The molecule has 2 heterocycles. The van der Waals surface area contributed by atoms with Crippen LogP contribution in [-0.2, 0) is 16.1 Å². The largest absolute Gasteiger partial charge is 0.342 e. The van der Waals surface area contributed by atoms with Gasteiger partial charge in [-0.3, -0.25) is 9.59 Å². The summed E-state index contributed by atoms with van der Waals surface area (Å²) in [6.45, 7) is 4.67. The predicted octanol–water partition coefficient (Wildman–Crippen LogP) is 2.38. The molecule has 0 aliphatic carbocycles. The van der Waals surface area contributed by atoms with Gasteiger partial charge in [-0.1, -0.05) is 20.3 Å². The number of piperazine rings is 1.